The van der Waals surface area contributed by atoms with Crippen molar-refractivity contribution in [3.63, 3.8) is 0 Å². The summed E-state index contributed by atoms with van der Waals surface area (Å²) in [4.78, 5) is 1.33. The van der Waals surface area contributed by atoms with Crippen LogP contribution >= 0.6 is 11.3 Å². The second kappa shape index (κ2) is 7.08. The molecule has 0 aliphatic carbocycles. The van der Waals surface area contributed by atoms with Crippen LogP contribution in [0.1, 0.15) is 28.5 Å². The maximum atomic E-state index is 2.23. The largest absolute Gasteiger partial charge is 0.149 e. The summed E-state index contributed by atoms with van der Waals surface area (Å²) in [7, 11) is 0. The van der Waals surface area contributed by atoms with E-state index in [1.807, 2.05) is 13.0 Å². The molecule has 0 N–H and O–H groups in total. The van der Waals surface area contributed by atoms with E-state index in [1.165, 1.54) is 21.6 Å². The molecule has 1 rings (SSSR count). The molecule has 0 saturated heterocycles. The van der Waals surface area contributed by atoms with Crippen molar-refractivity contribution in [2.24, 2.45) is 0 Å². The zero-order chi connectivity index (χ0) is 12.7. The summed E-state index contributed by atoms with van der Waals surface area (Å²) >= 11 is 1.78. The molecule has 0 fully saturated rings. The van der Waals surface area contributed by atoms with Crippen LogP contribution in [0.4, 0.5) is 0 Å². The second-order valence-electron chi connectivity index (χ2n) is 4.04. The van der Waals surface area contributed by atoms with Crippen LogP contribution in [-0.2, 0) is 0 Å². The minimum atomic E-state index is 1.28. The molecule has 0 spiro atoms. The highest BCUT2D eigenvalue weighted by molar-refractivity contribution is 7.09. The number of aryl methyl sites for hydroxylation is 3. The van der Waals surface area contributed by atoms with Crippen molar-refractivity contribution in [3.8, 4) is 0 Å². The lowest BCUT2D eigenvalue weighted by molar-refractivity contribution is 1.39. The standard InChI is InChI=1S/C16H20S/c1-5-6-7-10-16-14(3)12-13(2)9-8-11-17-15(16)4/h5-12H,1-4H3/b6-5-,10-7-,11-8?,13-9?,14-12?,16-15?. The first kappa shape index (κ1) is 13.7. The van der Waals surface area contributed by atoms with Crippen LogP contribution in [0.25, 0.3) is 6.08 Å². The third-order valence-corrected chi connectivity index (χ3v) is 3.36. The molecule has 0 saturated carbocycles. The van der Waals surface area contributed by atoms with Crippen molar-refractivity contribution in [2.75, 3.05) is 0 Å². The van der Waals surface area contributed by atoms with E-state index in [0.717, 1.165) is 0 Å². The maximum absolute atomic E-state index is 2.23. The topological polar surface area (TPSA) is 0 Å². The first-order valence-electron chi connectivity index (χ1n) is 5.84. The molecule has 0 nitrogen and oxygen atoms in total. The molecule has 17 heavy (non-hydrogen) atoms. The molecule has 0 unspecified atom stereocenters. The number of allylic oxidation sites excluding steroid dienone is 3. The summed E-state index contributed by atoms with van der Waals surface area (Å²) in [6.45, 7) is 8.50. The molecule has 0 aliphatic rings. The molecule has 0 bridgehead atoms. The van der Waals surface area contributed by atoms with E-state index >= 15 is 0 Å². The Kier molecular flexibility index (Phi) is 5.71. The number of hydrogen-bond donors (Lipinski definition) is 0. The Hall–Kier alpha value is -1.34. The van der Waals surface area contributed by atoms with Gasteiger partial charge in [0.25, 0.3) is 0 Å². The first-order chi connectivity index (χ1) is 8.15. The Bertz CT molecular complexity index is 474. The van der Waals surface area contributed by atoms with Gasteiger partial charge in [-0.25, -0.2) is 0 Å². The lowest BCUT2D eigenvalue weighted by Crippen LogP contribution is -1.80. The zero-order valence-electron chi connectivity index (χ0n) is 11.0. The first-order valence-corrected chi connectivity index (χ1v) is 6.72. The van der Waals surface area contributed by atoms with E-state index in [9.17, 15) is 0 Å². The van der Waals surface area contributed by atoms with Gasteiger partial charge in [-0.15, -0.1) is 11.3 Å². The Morgan fingerprint density at radius 1 is 1.12 bits per heavy atom. The summed E-state index contributed by atoms with van der Waals surface area (Å²) in [5.41, 5.74) is 3.91. The molecule has 1 heterocycles. The fraction of sp³-hybridized carbons (Fsp3) is 0.250. The normalized spacial score (nSPS) is 11.1. The molecule has 1 heteroatoms. The average molecular weight is 244 g/mol. The van der Waals surface area contributed by atoms with Crippen LogP contribution in [0, 0.1) is 20.8 Å². The quantitative estimate of drug-likeness (QED) is 0.612. The molecule has 0 amide bonds. The van der Waals surface area contributed by atoms with Gasteiger partial charge < -0.3 is 0 Å². The third-order valence-electron chi connectivity index (χ3n) is 2.50. The molecule has 90 valence electrons. The Morgan fingerprint density at radius 2 is 1.88 bits per heavy atom. The fourth-order valence-electron chi connectivity index (χ4n) is 1.65. The van der Waals surface area contributed by atoms with Crippen LogP contribution in [-0.4, -0.2) is 0 Å². The predicted octanol–water partition coefficient (Wildman–Crippen LogP) is 5.39. The van der Waals surface area contributed by atoms with E-state index in [4.69, 9.17) is 0 Å². The van der Waals surface area contributed by atoms with Gasteiger partial charge >= 0.3 is 0 Å². The predicted molar refractivity (Wildman–Crippen MR) is 80.0 cm³/mol. The SMILES string of the molecule is C/C=C\C=C/c1c(C)cc(C)cccsc1C. The molecule has 0 atom stereocenters. The van der Waals surface area contributed by atoms with Crippen molar-refractivity contribution < 1.29 is 0 Å². The molecular formula is C16H20S. The van der Waals surface area contributed by atoms with Crippen molar-refractivity contribution in [2.45, 2.75) is 27.7 Å². The smallest absolute Gasteiger partial charge is 0.00889 e. The number of hydrogen-bond acceptors (Lipinski definition) is 1. The van der Waals surface area contributed by atoms with Crippen molar-refractivity contribution in [1.82, 2.24) is 0 Å². The van der Waals surface area contributed by atoms with Gasteiger partial charge in [-0.1, -0.05) is 48.1 Å². The average Bonchev–Trinajstić information content (AvgIpc) is 2.34. The Balaban J connectivity index is 3.42. The van der Waals surface area contributed by atoms with Crippen LogP contribution in [0.3, 0.4) is 0 Å². The van der Waals surface area contributed by atoms with Gasteiger partial charge in [-0.2, -0.15) is 0 Å². The van der Waals surface area contributed by atoms with E-state index in [2.05, 4.69) is 62.6 Å². The lowest BCUT2D eigenvalue weighted by Gasteiger charge is -1.99. The van der Waals surface area contributed by atoms with Crippen molar-refractivity contribution in [1.29, 1.82) is 0 Å². The highest BCUT2D eigenvalue weighted by Crippen LogP contribution is 2.17. The summed E-state index contributed by atoms with van der Waals surface area (Å²) in [6.07, 6.45) is 8.38. The molecular weight excluding hydrogens is 224 g/mol. The molecule has 1 aromatic heterocycles. The summed E-state index contributed by atoms with van der Waals surface area (Å²) < 4.78 is 0. The second-order valence-corrected chi connectivity index (χ2v) is 5.16. The van der Waals surface area contributed by atoms with Crippen LogP contribution in [0.5, 0.6) is 0 Å². The van der Waals surface area contributed by atoms with Gasteiger partial charge in [-0.3, -0.25) is 0 Å². The van der Waals surface area contributed by atoms with E-state index in [0.29, 0.717) is 0 Å². The molecule has 0 aliphatic heterocycles. The Morgan fingerprint density at radius 3 is 2.59 bits per heavy atom. The van der Waals surface area contributed by atoms with Crippen molar-refractivity contribution >= 4 is 17.4 Å². The summed E-state index contributed by atoms with van der Waals surface area (Å²) in [5, 5.41) is 2.13. The monoisotopic (exact) mass is 244 g/mol. The summed E-state index contributed by atoms with van der Waals surface area (Å²) in [6, 6.07) is 6.48. The minimum Gasteiger partial charge on any atom is -0.149 e. The van der Waals surface area contributed by atoms with Crippen LogP contribution in [0.15, 0.2) is 41.8 Å². The molecule has 1 aromatic rings. The van der Waals surface area contributed by atoms with E-state index < -0.39 is 0 Å². The van der Waals surface area contributed by atoms with Crippen molar-refractivity contribution in [3.05, 3.63) is 63.4 Å². The highest BCUT2D eigenvalue weighted by atomic mass is 32.1. The van der Waals surface area contributed by atoms with Gasteiger partial charge in [0.15, 0.2) is 0 Å². The van der Waals surface area contributed by atoms with Gasteiger partial charge in [-0.05, 0) is 44.2 Å². The highest BCUT2D eigenvalue weighted by Gasteiger charge is 1.95. The zero-order valence-corrected chi connectivity index (χ0v) is 11.8. The molecule has 0 radical (unpaired) electrons. The van der Waals surface area contributed by atoms with Gasteiger partial charge in [0.2, 0.25) is 0 Å². The molecule has 0 aromatic carbocycles. The van der Waals surface area contributed by atoms with Gasteiger partial charge in [0.05, 0.1) is 0 Å². The van der Waals surface area contributed by atoms with E-state index in [1.54, 1.807) is 11.3 Å². The Labute approximate surface area is 109 Å². The lowest BCUT2D eigenvalue weighted by atomic mass is 10.1. The third kappa shape index (κ3) is 4.58. The van der Waals surface area contributed by atoms with E-state index in [-0.39, 0.29) is 0 Å². The van der Waals surface area contributed by atoms with Gasteiger partial charge in [0, 0.05) is 4.88 Å². The van der Waals surface area contributed by atoms with Crippen LogP contribution in [0.2, 0.25) is 0 Å². The summed E-state index contributed by atoms with van der Waals surface area (Å²) in [5.74, 6) is 0. The minimum absolute atomic E-state index is 1.28. The fourth-order valence-corrected chi connectivity index (χ4v) is 2.37. The maximum Gasteiger partial charge on any atom is 0.00889 e. The number of rotatable bonds is 2. The van der Waals surface area contributed by atoms with Crippen LogP contribution < -0.4 is 0 Å². The van der Waals surface area contributed by atoms with Gasteiger partial charge in [0.1, 0.15) is 0 Å².